The minimum Gasteiger partial charge on any atom is -0.282 e. The molecule has 0 aliphatic carbocycles. The molecule has 0 amide bonds. The second kappa shape index (κ2) is 4.01. The van der Waals surface area contributed by atoms with Crippen LogP contribution < -0.4 is 0 Å². The molecule has 0 N–H and O–H groups in total. The quantitative estimate of drug-likeness (QED) is 0.440. The Bertz CT molecular complexity index is 440. The fourth-order valence-electron chi connectivity index (χ4n) is 0.830. The molecular formula is C9H3IN2O. The lowest BCUT2D eigenvalue weighted by Gasteiger charge is -1.96. The molecular weight excluding hydrogens is 279 g/mol. The molecule has 0 atom stereocenters. The maximum atomic E-state index is 10.9. The van der Waals surface area contributed by atoms with Crippen molar-refractivity contribution < 1.29 is 4.79 Å². The Balaban J connectivity index is 3.33. The first-order valence-electron chi connectivity index (χ1n) is 3.28. The highest BCUT2D eigenvalue weighted by Gasteiger charge is 2.06. The summed E-state index contributed by atoms with van der Waals surface area (Å²) in [6.07, 6.45) is 0. The first-order chi connectivity index (χ1) is 6.19. The van der Waals surface area contributed by atoms with Crippen molar-refractivity contribution in [3.8, 4) is 0 Å². The second-order valence-electron chi connectivity index (χ2n) is 2.20. The van der Waals surface area contributed by atoms with Gasteiger partial charge in [-0.2, -0.15) is 0 Å². The maximum Gasteiger partial charge on any atom is 0.221 e. The molecule has 0 bridgehead atoms. The Morgan fingerprint density at radius 1 is 1.23 bits per heavy atom. The number of carbonyl (C=O) groups excluding carboxylic acids is 1. The number of carbonyl (C=O) groups is 1. The third-order valence-corrected chi connectivity index (χ3v) is 2.07. The monoisotopic (exact) mass is 282 g/mol. The van der Waals surface area contributed by atoms with E-state index in [1.54, 1.807) is 28.7 Å². The summed E-state index contributed by atoms with van der Waals surface area (Å²) in [5.74, 6) is 0. The van der Waals surface area contributed by atoms with Gasteiger partial charge in [-0.3, -0.25) is 14.5 Å². The molecule has 0 saturated carbocycles. The van der Waals surface area contributed by atoms with Crippen LogP contribution in [0.4, 0.5) is 11.4 Å². The molecule has 0 heterocycles. The van der Waals surface area contributed by atoms with Crippen molar-refractivity contribution in [2.75, 3.05) is 0 Å². The molecule has 1 aromatic rings. The Labute approximate surface area is 89.2 Å². The van der Waals surface area contributed by atoms with Crippen molar-refractivity contribution in [2.24, 2.45) is 0 Å². The zero-order chi connectivity index (χ0) is 9.84. The number of nitrogens with zero attached hydrogens (tertiary/aromatic N) is 2. The van der Waals surface area contributed by atoms with Gasteiger partial charge in [0.2, 0.25) is 3.79 Å². The van der Waals surface area contributed by atoms with Gasteiger partial charge in [0.05, 0.1) is 13.1 Å². The zero-order valence-electron chi connectivity index (χ0n) is 6.41. The molecule has 0 unspecified atom stereocenters. The predicted octanol–water partition coefficient (Wildman–Crippen LogP) is 3.36. The largest absolute Gasteiger partial charge is 0.282 e. The average Bonchev–Trinajstić information content (AvgIpc) is 2.16. The van der Waals surface area contributed by atoms with Gasteiger partial charge >= 0.3 is 0 Å². The van der Waals surface area contributed by atoms with Crippen LogP contribution in [0.15, 0.2) is 18.2 Å². The highest BCUT2D eigenvalue weighted by Crippen LogP contribution is 2.29. The van der Waals surface area contributed by atoms with E-state index in [0.717, 1.165) is 0 Å². The van der Waals surface area contributed by atoms with Crippen LogP contribution in [0.5, 0.6) is 0 Å². The summed E-state index contributed by atoms with van der Waals surface area (Å²) < 4.78 is -0.126. The van der Waals surface area contributed by atoms with E-state index in [0.29, 0.717) is 5.56 Å². The molecule has 0 fully saturated rings. The molecule has 0 aliphatic rings. The first-order valence-corrected chi connectivity index (χ1v) is 4.35. The van der Waals surface area contributed by atoms with Gasteiger partial charge in [-0.05, 0) is 0 Å². The first kappa shape index (κ1) is 9.69. The van der Waals surface area contributed by atoms with Crippen molar-refractivity contribution in [2.45, 2.75) is 0 Å². The van der Waals surface area contributed by atoms with Gasteiger partial charge in [-0.25, -0.2) is 0 Å². The van der Waals surface area contributed by atoms with E-state index in [1.165, 1.54) is 12.1 Å². The van der Waals surface area contributed by atoms with Crippen LogP contribution in [0.3, 0.4) is 0 Å². The molecule has 0 aromatic heterocycles. The van der Waals surface area contributed by atoms with Gasteiger partial charge in [0.25, 0.3) is 0 Å². The zero-order valence-corrected chi connectivity index (χ0v) is 8.57. The smallest absolute Gasteiger partial charge is 0.221 e. The average molecular weight is 282 g/mol. The molecule has 0 saturated heterocycles. The fraction of sp³-hybridized carbons (Fsp3) is 0. The van der Waals surface area contributed by atoms with Gasteiger partial charge in [0.1, 0.15) is 0 Å². The van der Waals surface area contributed by atoms with Crippen LogP contribution >= 0.6 is 22.6 Å². The Kier molecular flexibility index (Phi) is 2.99. The molecule has 1 rings (SSSR count). The molecule has 0 radical (unpaired) electrons. The van der Waals surface area contributed by atoms with Crippen LogP contribution in [0, 0.1) is 13.1 Å². The maximum absolute atomic E-state index is 10.9. The molecule has 0 spiro atoms. The highest BCUT2D eigenvalue weighted by molar-refractivity contribution is 14.1. The second-order valence-corrected chi connectivity index (χ2v) is 3.18. The van der Waals surface area contributed by atoms with Crippen LogP contribution in [0.2, 0.25) is 0 Å². The van der Waals surface area contributed by atoms with Crippen LogP contribution in [-0.4, -0.2) is 3.79 Å². The van der Waals surface area contributed by atoms with Gasteiger partial charge in [0.15, 0.2) is 11.4 Å². The van der Waals surface area contributed by atoms with Crippen molar-refractivity contribution >= 4 is 37.8 Å². The van der Waals surface area contributed by atoms with Crippen LogP contribution in [-0.2, 0) is 0 Å². The van der Waals surface area contributed by atoms with Gasteiger partial charge in [-0.1, -0.05) is 18.2 Å². The van der Waals surface area contributed by atoms with Crippen LogP contribution in [0.25, 0.3) is 9.69 Å². The molecule has 13 heavy (non-hydrogen) atoms. The summed E-state index contributed by atoms with van der Waals surface area (Å²) in [6.45, 7) is 13.6. The van der Waals surface area contributed by atoms with Crippen molar-refractivity contribution in [3.63, 3.8) is 0 Å². The number of hydrogen-bond donors (Lipinski definition) is 0. The SMILES string of the molecule is [C-]#[N+]c1ccc(C(=O)I)cc1[N+]#[C-]. The summed E-state index contributed by atoms with van der Waals surface area (Å²) in [6, 6.07) is 4.48. The van der Waals surface area contributed by atoms with E-state index in [-0.39, 0.29) is 15.2 Å². The van der Waals surface area contributed by atoms with E-state index >= 15 is 0 Å². The number of rotatable bonds is 1. The van der Waals surface area contributed by atoms with Gasteiger partial charge in [0, 0.05) is 28.2 Å². The highest BCUT2D eigenvalue weighted by atomic mass is 127. The van der Waals surface area contributed by atoms with Gasteiger partial charge < -0.3 is 0 Å². The van der Waals surface area contributed by atoms with Crippen molar-refractivity contribution in [1.82, 2.24) is 0 Å². The Hall–Kier alpha value is -1.40. The number of hydrogen-bond acceptors (Lipinski definition) is 1. The van der Waals surface area contributed by atoms with E-state index < -0.39 is 0 Å². The minimum atomic E-state index is -0.126. The summed E-state index contributed by atoms with van der Waals surface area (Å²) in [7, 11) is 0. The van der Waals surface area contributed by atoms with Crippen molar-refractivity contribution in [1.29, 1.82) is 0 Å². The Morgan fingerprint density at radius 3 is 2.31 bits per heavy atom. The lowest BCUT2D eigenvalue weighted by Crippen LogP contribution is -1.85. The molecule has 4 heteroatoms. The number of benzene rings is 1. The summed E-state index contributed by atoms with van der Waals surface area (Å²) in [4.78, 5) is 17.2. The minimum absolute atomic E-state index is 0.126. The van der Waals surface area contributed by atoms with E-state index in [4.69, 9.17) is 13.1 Å². The van der Waals surface area contributed by atoms with E-state index in [1.807, 2.05) is 0 Å². The number of halogens is 1. The molecule has 0 aliphatic heterocycles. The van der Waals surface area contributed by atoms with E-state index in [2.05, 4.69) is 9.69 Å². The lowest BCUT2D eigenvalue weighted by molar-refractivity contribution is 0.110. The summed E-state index contributed by atoms with van der Waals surface area (Å²) in [5.41, 5.74) is 0.980. The molecule has 3 nitrogen and oxygen atoms in total. The summed E-state index contributed by atoms with van der Waals surface area (Å²) >= 11 is 1.65. The fourth-order valence-corrected chi connectivity index (χ4v) is 1.17. The normalized spacial score (nSPS) is 8.54. The topological polar surface area (TPSA) is 25.8 Å². The molecule has 62 valence electrons. The lowest BCUT2D eigenvalue weighted by atomic mass is 10.2. The predicted molar refractivity (Wildman–Crippen MR) is 57.3 cm³/mol. The molecule has 1 aromatic carbocycles. The third-order valence-electron chi connectivity index (χ3n) is 1.44. The van der Waals surface area contributed by atoms with E-state index in [9.17, 15) is 4.79 Å². The summed E-state index contributed by atoms with van der Waals surface area (Å²) in [5, 5.41) is 0. The Morgan fingerprint density at radius 2 is 1.85 bits per heavy atom. The standard InChI is InChI=1S/C9H3IN2O/c1-11-7-4-3-6(9(10)13)5-8(7)12-2/h3-5H. The van der Waals surface area contributed by atoms with Crippen LogP contribution in [0.1, 0.15) is 10.4 Å². The van der Waals surface area contributed by atoms with Gasteiger partial charge in [-0.15, -0.1) is 0 Å². The third kappa shape index (κ3) is 2.04. The van der Waals surface area contributed by atoms with Crippen molar-refractivity contribution in [3.05, 3.63) is 46.6 Å².